The monoisotopic (exact) mass is 546 g/mol. The summed E-state index contributed by atoms with van der Waals surface area (Å²) in [5, 5.41) is 0. The van der Waals surface area contributed by atoms with Crippen LogP contribution in [0.5, 0.6) is 0 Å². The van der Waals surface area contributed by atoms with Gasteiger partial charge in [-0.05, 0) is 0 Å². The second-order valence-electron chi connectivity index (χ2n) is 1.89. The Labute approximate surface area is 184 Å². The molecule has 0 saturated carbocycles. The van der Waals surface area contributed by atoms with Crippen LogP contribution in [0.2, 0.25) is 0 Å². The zero-order valence-corrected chi connectivity index (χ0v) is 17.7. The molecule has 0 heterocycles. The molecule has 0 aliphatic rings. The number of hydrogen-bond donors (Lipinski definition) is 0. The summed E-state index contributed by atoms with van der Waals surface area (Å²) < 4.78 is 170. The van der Waals surface area contributed by atoms with Crippen LogP contribution in [0.3, 0.4) is 0 Å². The van der Waals surface area contributed by atoms with Crippen LogP contribution >= 0.6 is 0 Å². The van der Waals surface area contributed by atoms with Gasteiger partial charge in [0.2, 0.25) is 0 Å². The van der Waals surface area contributed by atoms with Crippen molar-refractivity contribution in [1.29, 1.82) is 0 Å². The summed E-state index contributed by atoms with van der Waals surface area (Å²) in [6.07, 6.45) is 0. The van der Waals surface area contributed by atoms with Crippen LogP contribution in [0.15, 0.2) is 0 Å². The quantitative estimate of drug-likeness (QED) is 0.253. The van der Waals surface area contributed by atoms with Gasteiger partial charge < -0.3 is 0 Å². The topological polar surface area (TPSA) is 461 Å². The van der Waals surface area contributed by atoms with Gasteiger partial charge in [-0.3, -0.25) is 0 Å². The van der Waals surface area contributed by atoms with Gasteiger partial charge in [0.15, 0.2) is 0 Å². The fraction of sp³-hybridized carbons (Fsp3) is 0. The molecule has 0 bridgehead atoms. The van der Waals surface area contributed by atoms with E-state index in [9.17, 15) is 0 Å². The molecule has 0 aromatic heterocycles. The predicted octanol–water partition coefficient (Wildman–Crippen LogP) is -24.5. The van der Waals surface area contributed by atoms with Crippen molar-refractivity contribution in [1.82, 2.24) is 0 Å². The van der Waals surface area contributed by atoms with Crippen molar-refractivity contribution >= 4 is 40.4 Å². The fourth-order valence-corrected chi connectivity index (χ4v) is 0. The molecule has 0 amide bonds. The van der Waals surface area contributed by atoms with Gasteiger partial charge in [0.25, 0.3) is 0 Å². The standard InChI is InChI=1S/Al.5ClHO4.Mg/c;5*2-1(3,4)5;/h;5*(H,2,3,4,5);/q+3;;;;;;+2/p-5. The molecule has 0 radical (unpaired) electrons. The van der Waals surface area contributed by atoms with Gasteiger partial charge >= 0.3 is 40.4 Å². The minimum absolute atomic E-state index is 0. The second-order valence-corrected chi connectivity index (χ2v) is 5.67. The molecule has 0 aliphatic heterocycles. The molecule has 0 aliphatic carbocycles. The predicted molar refractivity (Wildman–Crippen MR) is 11.5 cm³/mol. The van der Waals surface area contributed by atoms with Crippen molar-refractivity contribution in [2.24, 2.45) is 0 Å². The summed E-state index contributed by atoms with van der Waals surface area (Å²) in [5.74, 6) is 0. The number of hydrogen-bond acceptors (Lipinski definition) is 20. The zero-order chi connectivity index (χ0) is 22.5. The van der Waals surface area contributed by atoms with E-state index in [1.165, 1.54) is 0 Å². The van der Waals surface area contributed by atoms with Gasteiger partial charge in [0.1, 0.15) is 0 Å². The van der Waals surface area contributed by atoms with E-state index in [1.54, 1.807) is 0 Å². The maximum Gasteiger partial charge on any atom is 3.00 e. The van der Waals surface area contributed by atoms with Gasteiger partial charge in [-0.1, -0.05) is 0 Å². The van der Waals surface area contributed by atoms with Crippen molar-refractivity contribution < 1.29 is 144 Å². The molecule has 0 fully saturated rings. The minimum Gasteiger partial charge on any atom is -0.222 e. The van der Waals surface area contributed by atoms with Crippen LogP contribution in [0, 0.1) is 51.2 Å². The molecular formula is AlCl5MgO20. The first-order chi connectivity index (χ1) is 10.0. The van der Waals surface area contributed by atoms with Gasteiger partial charge in [-0.25, -0.2) is 93.2 Å². The zero-order valence-electron chi connectivity index (χ0n) is 11.3. The smallest absolute Gasteiger partial charge is 0.222 e. The Morgan fingerprint density at radius 2 is 0.222 bits per heavy atom. The van der Waals surface area contributed by atoms with Gasteiger partial charge in [-0.15, -0.1) is 51.2 Å². The van der Waals surface area contributed by atoms with E-state index >= 15 is 0 Å². The van der Waals surface area contributed by atoms with Crippen LogP contribution in [-0.4, -0.2) is 40.4 Å². The number of halogens is 5. The molecule has 0 spiro atoms. The maximum atomic E-state index is 8.49. The molecule has 20 nitrogen and oxygen atoms in total. The van der Waals surface area contributed by atoms with E-state index in [0.717, 1.165) is 0 Å². The van der Waals surface area contributed by atoms with Crippen LogP contribution in [0.1, 0.15) is 0 Å². The van der Waals surface area contributed by atoms with Crippen molar-refractivity contribution in [3.8, 4) is 0 Å². The van der Waals surface area contributed by atoms with Crippen molar-refractivity contribution in [3.05, 3.63) is 0 Å². The summed E-state index contributed by atoms with van der Waals surface area (Å²) in [4.78, 5) is 0. The molecule has 0 rings (SSSR count). The Balaban J connectivity index is -0.0000000364. The van der Waals surface area contributed by atoms with E-state index in [-0.39, 0.29) is 40.4 Å². The van der Waals surface area contributed by atoms with Crippen LogP contribution in [0.4, 0.5) is 0 Å². The summed E-state index contributed by atoms with van der Waals surface area (Å²) in [5.41, 5.74) is 0. The Bertz CT molecular complexity index is 178. The summed E-state index contributed by atoms with van der Waals surface area (Å²) >= 11 is 0. The molecule has 0 aromatic carbocycles. The van der Waals surface area contributed by atoms with E-state index in [2.05, 4.69) is 0 Å². The third-order valence-corrected chi connectivity index (χ3v) is 0. The molecule has 0 aromatic rings. The summed E-state index contributed by atoms with van der Waals surface area (Å²) in [6.45, 7) is 0. The Morgan fingerprint density at radius 3 is 0.222 bits per heavy atom. The molecule has 27 heavy (non-hydrogen) atoms. The van der Waals surface area contributed by atoms with E-state index in [1.807, 2.05) is 0 Å². The molecule has 160 valence electrons. The van der Waals surface area contributed by atoms with Crippen LogP contribution in [-0.2, 0) is 0 Å². The Kier molecular flexibility index (Phi) is 34.6. The molecule has 0 atom stereocenters. The van der Waals surface area contributed by atoms with Crippen molar-refractivity contribution in [2.75, 3.05) is 0 Å². The summed E-state index contributed by atoms with van der Waals surface area (Å²) in [7, 11) is -24.7. The molecule has 0 unspecified atom stereocenters. The minimum atomic E-state index is -4.94. The van der Waals surface area contributed by atoms with E-state index < -0.39 is 51.2 Å². The second kappa shape index (κ2) is 19.9. The van der Waals surface area contributed by atoms with Crippen molar-refractivity contribution in [3.63, 3.8) is 0 Å². The molecule has 27 heteroatoms. The van der Waals surface area contributed by atoms with E-state index in [0.29, 0.717) is 0 Å². The summed E-state index contributed by atoms with van der Waals surface area (Å²) in [6, 6.07) is 0. The molecular weight excluding hydrogens is 549 g/mol. The average Bonchev–Trinajstić information content (AvgIpc) is 1.79. The Morgan fingerprint density at radius 1 is 0.222 bits per heavy atom. The third kappa shape index (κ3) is 4960. The first-order valence-electron chi connectivity index (χ1n) is 3.09. The Hall–Kier alpha value is 1.95. The maximum absolute atomic E-state index is 8.49. The van der Waals surface area contributed by atoms with Gasteiger partial charge in [0.05, 0.1) is 0 Å². The van der Waals surface area contributed by atoms with E-state index in [4.69, 9.17) is 93.2 Å². The first-order valence-corrected chi connectivity index (χ1v) is 9.26. The normalized spacial score (nSPS) is 11.1. The third-order valence-electron chi connectivity index (χ3n) is 0. The average molecular weight is 549 g/mol. The first kappa shape index (κ1) is 46.9. The SMILES string of the molecule is [Al+3].[Mg+2].[O-][Cl+3]([O-])([O-])[O-].[O-][Cl+3]([O-])([O-])[O-].[O-][Cl+3]([O-])([O-])[O-].[O-][Cl+3]([O-])([O-])[O-].[O-][Cl+3]([O-])([O-])[O-]. The van der Waals surface area contributed by atoms with Gasteiger partial charge in [0, 0.05) is 0 Å². The fourth-order valence-electron chi connectivity index (χ4n) is 0. The molecule has 0 saturated heterocycles. The van der Waals surface area contributed by atoms with Crippen LogP contribution in [0.25, 0.3) is 0 Å². The van der Waals surface area contributed by atoms with Gasteiger partial charge in [-0.2, -0.15) is 0 Å². The molecule has 0 N–H and O–H groups in total. The number of rotatable bonds is 0. The largest absolute Gasteiger partial charge is 3.00 e. The van der Waals surface area contributed by atoms with Crippen LogP contribution < -0.4 is 93.2 Å². The van der Waals surface area contributed by atoms with Crippen molar-refractivity contribution in [2.45, 2.75) is 0 Å².